The summed E-state index contributed by atoms with van der Waals surface area (Å²) in [6.45, 7) is 8.92. The number of carbonyl (C=O) groups excluding carboxylic acids is 1. The van der Waals surface area contributed by atoms with Crippen LogP contribution in [0.1, 0.15) is 36.5 Å². The molecule has 2 amide bonds. The minimum absolute atomic E-state index is 0.00142. The Balaban J connectivity index is 1.27. The largest absolute Gasteiger partial charge is 0.454 e. The quantitative estimate of drug-likeness (QED) is 0.770. The third kappa shape index (κ3) is 4.87. The maximum Gasteiger partial charge on any atom is 0.322 e. The van der Waals surface area contributed by atoms with E-state index in [1.807, 2.05) is 17.0 Å². The van der Waals surface area contributed by atoms with Crippen LogP contribution in [0.2, 0.25) is 0 Å². The Morgan fingerprint density at radius 2 is 1.83 bits per heavy atom. The second-order valence-corrected chi connectivity index (χ2v) is 8.28. The number of rotatable bonds is 6. The van der Waals surface area contributed by atoms with Gasteiger partial charge in [0, 0.05) is 11.3 Å². The number of amides is 2. The van der Waals surface area contributed by atoms with Crippen LogP contribution in [0.4, 0.5) is 10.5 Å². The third-order valence-electron chi connectivity index (χ3n) is 6.00. The van der Waals surface area contributed by atoms with Crippen molar-refractivity contribution < 1.29 is 19.2 Å². The van der Waals surface area contributed by atoms with E-state index in [2.05, 4.69) is 43.4 Å². The molecule has 6 nitrogen and oxygen atoms in total. The van der Waals surface area contributed by atoms with E-state index in [1.54, 1.807) is 0 Å². The van der Waals surface area contributed by atoms with Crippen molar-refractivity contribution in [3.63, 3.8) is 0 Å². The van der Waals surface area contributed by atoms with Gasteiger partial charge in [-0.2, -0.15) is 0 Å². The van der Waals surface area contributed by atoms with Gasteiger partial charge in [0.05, 0.1) is 26.2 Å². The van der Waals surface area contributed by atoms with Gasteiger partial charge in [0.2, 0.25) is 6.79 Å². The molecule has 2 N–H and O–H groups in total. The van der Waals surface area contributed by atoms with E-state index >= 15 is 0 Å². The number of unbranched alkanes of at least 4 members (excludes halogenated alkanes) is 1. The van der Waals surface area contributed by atoms with Crippen molar-refractivity contribution in [2.24, 2.45) is 0 Å². The maximum absolute atomic E-state index is 12.7. The number of anilines is 1. The number of quaternary nitrogens is 1. The lowest BCUT2D eigenvalue weighted by Crippen LogP contribution is -3.13. The number of piperazine rings is 1. The Morgan fingerprint density at radius 3 is 2.60 bits per heavy atom. The van der Waals surface area contributed by atoms with Gasteiger partial charge in [0.25, 0.3) is 0 Å². The summed E-state index contributed by atoms with van der Waals surface area (Å²) in [5, 5.41) is 3.10. The van der Waals surface area contributed by atoms with Crippen molar-refractivity contribution in [2.45, 2.75) is 39.7 Å². The highest BCUT2D eigenvalue weighted by molar-refractivity contribution is 5.90. The number of nitrogens with zero attached hydrogens (tertiary/aromatic N) is 1. The van der Waals surface area contributed by atoms with Gasteiger partial charge in [-0.05, 0) is 55.2 Å². The predicted octanol–water partition coefficient (Wildman–Crippen LogP) is 3.00. The monoisotopic (exact) mass is 410 g/mol. The molecule has 30 heavy (non-hydrogen) atoms. The van der Waals surface area contributed by atoms with Crippen LogP contribution < -0.4 is 19.7 Å². The summed E-state index contributed by atoms with van der Waals surface area (Å²) >= 11 is 0. The Bertz CT molecular complexity index is 891. The highest BCUT2D eigenvalue weighted by Gasteiger charge is 2.25. The molecule has 0 unspecified atom stereocenters. The fraction of sp³-hybridized carbons (Fsp3) is 0.458. The standard InChI is InChI=1S/C24H31N3O3/c1-3-4-5-19-6-8-21(18(2)14-19)25-24(28)27-12-10-26(11-13-27)16-20-7-9-22-23(15-20)30-17-29-22/h6-9,14-15H,3-5,10-13,16-17H2,1-2H3,(H,25,28)/p+1. The second kappa shape index (κ2) is 9.39. The molecule has 4 rings (SSSR count). The Kier molecular flexibility index (Phi) is 6.43. The van der Waals surface area contributed by atoms with E-state index in [9.17, 15) is 4.79 Å². The zero-order valence-corrected chi connectivity index (χ0v) is 18.0. The SMILES string of the molecule is CCCCc1ccc(NC(=O)N2CC[NH+](Cc3ccc4c(c3)OCO4)CC2)c(C)c1. The Labute approximate surface area is 178 Å². The van der Waals surface area contributed by atoms with Crippen molar-refractivity contribution in [1.82, 2.24) is 4.90 Å². The molecule has 160 valence electrons. The number of ether oxygens (including phenoxy) is 2. The summed E-state index contributed by atoms with van der Waals surface area (Å²) < 4.78 is 10.9. The summed E-state index contributed by atoms with van der Waals surface area (Å²) in [6, 6.07) is 12.5. The van der Waals surface area contributed by atoms with Crippen molar-refractivity contribution in [3.8, 4) is 11.5 Å². The molecule has 2 aromatic carbocycles. The van der Waals surface area contributed by atoms with Gasteiger partial charge in [-0.3, -0.25) is 0 Å². The average molecular weight is 411 g/mol. The van der Waals surface area contributed by atoms with E-state index in [0.717, 1.165) is 61.9 Å². The number of aryl methyl sites for hydroxylation is 2. The molecule has 0 atom stereocenters. The van der Waals surface area contributed by atoms with Crippen LogP contribution in [0, 0.1) is 6.92 Å². The Morgan fingerprint density at radius 1 is 1.07 bits per heavy atom. The van der Waals surface area contributed by atoms with E-state index in [1.165, 1.54) is 28.9 Å². The van der Waals surface area contributed by atoms with Gasteiger partial charge >= 0.3 is 6.03 Å². The topological polar surface area (TPSA) is 55.2 Å². The van der Waals surface area contributed by atoms with Crippen LogP contribution in [0.15, 0.2) is 36.4 Å². The van der Waals surface area contributed by atoms with Gasteiger partial charge in [0.1, 0.15) is 6.54 Å². The van der Waals surface area contributed by atoms with Gasteiger partial charge < -0.3 is 24.6 Å². The summed E-state index contributed by atoms with van der Waals surface area (Å²) in [5.41, 5.74) is 4.62. The molecule has 1 saturated heterocycles. The van der Waals surface area contributed by atoms with Gasteiger partial charge in [0.15, 0.2) is 11.5 Å². The molecule has 1 fully saturated rings. The van der Waals surface area contributed by atoms with Crippen LogP contribution in [-0.4, -0.2) is 43.9 Å². The first-order chi connectivity index (χ1) is 14.6. The summed E-state index contributed by atoms with van der Waals surface area (Å²) in [6.07, 6.45) is 3.49. The second-order valence-electron chi connectivity index (χ2n) is 8.28. The molecule has 2 aliphatic rings. The van der Waals surface area contributed by atoms with Gasteiger partial charge in [-0.25, -0.2) is 4.79 Å². The number of fused-ring (bicyclic) bond motifs is 1. The maximum atomic E-state index is 12.7. The molecular weight excluding hydrogens is 378 g/mol. The zero-order valence-electron chi connectivity index (χ0n) is 18.0. The molecule has 2 aliphatic heterocycles. The molecule has 0 saturated carbocycles. The molecule has 2 aromatic rings. The van der Waals surface area contributed by atoms with Crippen LogP contribution in [-0.2, 0) is 13.0 Å². The van der Waals surface area contributed by atoms with Crippen LogP contribution in [0.5, 0.6) is 11.5 Å². The highest BCUT2D eigenvalue weighted by Crippen LogP contribution is 2.32. The summed E-state index contributed by atoms with van der Waals surface area (Å²) in [7, 11) is 0. The smallest absolute Gasteiger partial charge is 0.322 e. The number of urea groups is 1. The number of hydrogen-bond acceptors (Lipinski definition) is 3. The lowest BCUT2D eigenvalue weighted by molar-refractivity contribution is -0.917. The summed E-state index contributed by atoms with van der Waals surface area (Å²) in [5.74, 6) is 1.66. The first kappa shape index (κ1) is 20.5. The predicted molar refractivity (Wildman–Crippen MR) is 117 cm³/mol. The van der Waals surface area contributed by atoms with Crippen molar-refractivity contribution in [2.75, 3.05) is 38.3 Å². The minimum Gasteiger partial charge on any atom is -0.454 e. The number of benzene rings is 2. The van der Waals surface area contributed by atoms with Crippen molar-refractivity contribution in [3.05, 3.63) is 53.1 Å². The lowest BCUT2D eigenvalue weighted by Gasteiger charge is -2.32. The molecule has 0 radical (unpaired) electrons. The van der Waals surface area contributed by atoms with Crippen LogP contribution >= 0.6 is 0 Å². The fourth-order valence-corrected chi connectivity index (χ4v) is 4.14. The molecule has 0 aliphatic carbocycles. The van der Waals surface area contributed by atoms with Crippen molar-refractivity contribution in [1.29, 1.82) is 0 Å². The normalized spacial score (nSPS) is 16.0. The van der Waals surface area contributed by atoms with Gasteiger partial charge in [-0.1, -0.05) is 25.5 Å². The molecule has 2 heterocycles. The fourth-order valence-electron chi connectivity index (χ4n) is 4.14. The first-order valence-electron chi connectivity index (χ1n) is 11.0. The molecule has 6 heteroatoms. The first-order valence-corrected chi connectivity index (χ1v) is 11.0. The van der Waals surface area contributed by atoms with E-state index in [4.69, 9.17) is 9.47 Å². The lowest BCUT2D eigenvalue weighted by atomic mass is 10.0. The van der Waals surface area contributed by atoms with Gasteiger partial charge in [-0.15, -0.1) is 0 Å². The zero-order chi connectivity index (χ0) is 20.9. The minimum atomic E-state index is 0.00142. The molecule has 0 bridgehead atoms. The number of hydrogen-bond donors (Lipinski definition) is 2. The average Bonchev–Trinajstić information content (AvgIpc) is 3.22. The van der Waals surface area contributed by atoms with Crippen LogP contribution in [0.3, 0.4) is 0 Å². The summed E-state index contributed by atoms with van der Waals surface area (Å²) in [4.78, 5) is 16.1. The highest BCUT2D eigenvalue weighted by atomic mass is 16.7. The van der Waals surface area contributed by atoms with E-state index < -0.39 is 0 Å². The molecular formula is C24H32N3O3+. The molecule has 0 aromatic heterocycles. The van der Waals surface area contributed by atoms with E-state index in [0.29, 0.717) is 6.79 Å². The van der Waals surface area contributed by atoms with Crippen molar-refractivity contribution >= 4 is 11.7 Å². The number of nitrogens with one attached hydrogen (secondary N) is 2. The third-order valence-corrected chi connectivity index (χ3v) is 6.00. The molecule has 0 spiro atoms. The number of carbonyl (C=O) groups is 1. The Hall–Kier alpha value is -2.73. The van der Waals surface area contributed by atoms with E-state index in [-0.39, 0.29) is 6.03 Å². The van der Waals surface area contributed by atoms with Crippen LogP contribution in [0.25, 0.3) is 0 Å².